The van der Waals surface area contributed by atoms with Crippen molar-refractivity contribution in [2.75, 3.05) is 13.1 Å². The van der Waals surface area contributed by atoms with Crippen LogP contribution in [0.2, 0.25) is 0 Å². The highest BCUT2D eigenvalue weighted by Crippen LogP contribution is 2.22. The number of aromatic nitrogens is 5. The highest BCUT2D eigenvalue weighted by molar-refractivity contribution is 5.41. The van der Waals surface area contributed by atoms with Crippen LogP contribution in [0.15, 0.2) is 18.5 Å². The van der Waals surface area contributed by atoms with Crippen molar-refractivity contribution in [3.05, 3.63) is 24.3 Å². The van der Waals surface area contributed by atoms with E-state index in [4.69, 9.17) is 0 Å². The largest absolute Gasteiger partial charge is 0.317 e. The molecule has 1 aliphatic rings. The standard InChI is InChI=1S/C11H14N6/c1-4-13-10(14-5-1)11-15-9(16-17-11)8-2-6-12-7-3-8/h1,4-5,8,12H,2-3,6-7H2,(H,15,16,17). The van der Waals surface area contributed by atoms with Gasteiger partial charge in [-0.25, -0.2) is 15.0 Å². The maximum Gasteiger partial charge on any atom is 0.218 e. The summed E-state index contributed by atoms with van der Waals surface area (Å²) < 4.78 is 0. The first kappa shape index (κ1) is 10.3. The molecule has 0 radical (unpaired) electrons. The fraction of sp³-hybridized carbons (Fsp3) is 0.455. The van der Waals surface area contributed by atoms with Gasteiger partial charge in [-0.1, -0.05) is 0 Å². The minimum absolute atomic E-state index is 0.473. The number of hydrogen-bond donors (Lipinski definition) is 2. The number of piperidine rings is 1. The second-order valence-electron chi connectivity index (χ2n) is 4.14. The molecule has 0 aliphatic carbocycles. The third kappa shape index (κ3) is 2.16. The number of aromatic amines is 1. The Labute approximate surface area is 98.9 Å². The molecule has 0 unspecified atom stereocenters. The van der Waals surface area contributed by atoms with Gasteiger partial charge in [-0.3, -0.25) is 5.10 Å². The molecule has 0 amide bonds. The van der Waals surface area contributed by atoms with Crippen molar-refractivity contribution in [2.24, 2.45) is 0 Å². The van der Waals surface area contributed by atoms with Gasteiger partial charge < -0.3 is 5.32 Å². The van der Waals surface area contributed by atoms with Gasteiger partial charge in [0.25, 0.3) is 0 Å². The monoisotopic (exact) mass is 230 g/mol. The predicted octanol–water partition coefficient (Wildman–Crippen LogP) is 0.729. The maximum absolute atomic E-state index is 4.48. The normalized spacial score (nSPS) is 17.2. The Hall–Kier alpha value is -1.82. The van der Waals surface area contributed by atoms with Gasteiger partial charge in [0.05, 0.1) is 0 Å². The van der Waals surface area contributed by atoms with E-state index in [0.29, 0.717) is 17.6 Å². The van der Waals surface area contributed by atoms with E-state index in [1.54, 1.807) is 18.5 Å². The van der Waals surface area contributed by atoms with Crippen molar-refractivity contribution in [2.45, 2.75) is 18.8 Å². The van der Waals surface area contributed by atoms with Crippen molar-refractivity contribution in [1.29, 1.82) is 0 Å². The lowest BCUT2D eigenvalue weighted by Gasteiger charge is -2.19. The lowest BCUT2D eigenvalue weighted by molar-refractivity contribution is 0.446. The number of hydrogen-bond acceptors (Lipinski definition) is 5. The second kappa shape index (κ2) is 4.58. The quantitative estimate of drug-likeness (QED) is 0.795. The van der Waals surface area contributed by atoms with E-state index in [0.717, 1.165) is 31.8 Å². The van der Waals surface area contributed by atoms with Crippen LogP contribution in [0.25, 0.3) is 11.6 Å². The van der Waals surface area contributed by atoms with Crippen molar-refractivity contribution in [1.82, 2.24) is 30.5 Å². The van der Waals surface area contributed by atoms with E-state index < -0.39 is 0 Å². The van der Waals surface area contributed by atoms with Crippen molar-refractivity contribution < 1.29 is 0 Å². The molecule has 0 atom stereocenters. The number of H-pyrrole nitrogens is 1. The zero-order valence-corrected chi connectivity index (χ0v) is 9.43. The van der Waals surface area contributed by atoms with Gasteiger partial charge in [0.1, 0.15) is 5.82 Å². The average Bonchev–Trinajstić information content (AvgIpc) is 2.90. The smallest absolute Gasteiger partial charge is 0.218 e. The summed E-state index contributed by atoms with van der Waals surface area (Å²) in [7, 11) is 0. The number of nitrogens with one attached hydrogen (secondary N) is 2. The van der Waals surface area contributed by atoms with Crippen LogP contribution in [0.1, 0.15) is 24.6 Å². The molecule has 0 aromatic carbocycles. The first-order valence-electron chi connectivity index (χ1n) is 5.84. The Morgan fingerprint density at radius 3 is 2.59 bits per heavy atom. The molecule has 2 N–H and O–H groups in total. The fourth-order valence-corrected chi connectivity index (χ4v) is 2.07. The minimum Gasteiger partial charge on any atom is -0.317 e. The molecule has 0 saturated carbocycles. The molecule has 2 aromatic heterocycles. The van der Waals surface area contributed by atoms with Crippen LogP contribution in [-0.4, -0.2) is 38.2 Å². The highest BCUT2D eigenvalue weighted by Gasteiger charge is 2.19. The van der Waals surface area contributed by atoms with Gasteiger partial charge in [-0.05, 0) is 32.0 Å². The first-order chi connectivity index (χ1) is 8.43. The summed E-state index contributed by atoms with van der Waals surface area (Å²) in [6, 6.07) is 1.78. The third-order valence-electron chi connectivity index (χ3n) is 2.99. The van der Waals surface area contributed by atoms with E-state index in [1.807, 2.05) is 0 Å². The summed E-state index contributed by atoms with van der Waals surface area (Å²) in [5, 5.41) is 10.5. The van der Waals surface area contributed by atoms with Crippen LogP contribution in [0, 0.1) is 0 Å². The van der Waals surface area contributed by atoms with Crippen molar-refractivity contribution >= 4 is 0 Å². The Morgan fingerprint density at radius 1 is 1.06 bits per heavy atom. The van der Waals surface area contributed by atoms with Gasteiger partial charge >= 0.3 is 0 Å². The predicted molar refractivity (Wildman–Crippen MR) is 62.3 cm³/mol. The molecule has 3 heterocycles. The van der Waals surface area contributed by atoms with Crippen molar-refractivity contribution in [3.63, 3.8) is 0 Å². The van der Waals surface area contributed by atoms with Crippen LogP contribution in [0.3, 0.4) is 0 Å². The highest BCUT2D eigenvalue weighted by atomic mass is 15.2. The Morgan fingerprint density at radius 2 is 1.82 bits per heavy atom. The Kier molecular flexibility index (Phi) is 2.79. The van der Waals surface area contributed by atoms with Crippen molar-refractivity contribution in [3.8, 4) is 11.6 Å². The van der Waals surface area contributed by atoms with Gasteiger partial charge in [-0.2, -0.15) is 0 Å². The molecule has 6 heteroatoms. The van der Waals surface area contributed by atoms with Crippen LogP contribution in [0.5, 0.6) is 0 Å². The fourth-order valence-electron chi connectivity index (χ4n) is 2.07. The zero-order chi connectivity index (χ0) is 11.5. The zero-order valence-electron chi connectivity index (χ0n) is 9.43. The number of rotatable bonds is 2. The molecule has 0 spiro atoms. The Bertz CT molecular complexity index is 474. The molecule has 88 valence electrons. The minimum atomic E-state index is 0.473. The molecule has 17 heavy (non-hydrogen) atoms. The molecular weight excluding hydrogens is 216 g/mol. The summed E-state index contributed by atoms with van der Waals surface area (Å²) in [5.41, 5.74) is 0. The van der Waals surface area contributed by atoms with E-state index in [2.05, 4.69) is 30.5 Å². The van der Waals surface area contributed by atoms with Crippen LogP contribution >= 0.6 is 0 Å². The number of nitrogens with zero attached hydrogens (tertiary/aromatic N) is 4. The Balaban J connectivity index is 1.83. The first-order valence-corrected chi connectivity index (χ1v) is 5.84. The average molecular weight is 230 g/mol. The molecule has 1 saturated heterocycles. The van der Waals surface area contributed by atoms with E-state index in [1.165, 1.54) is 0 Å². The third-order valence-corrected chi connectivity index (χ3v) is 2.99. The summed E-state index contributed by atoms with van der Waals surface area (Å²) in [5.74, 6) is 2.58. The summed E-state index contributed by atoms with van der Waals surface area (Å²) >= 11 is 0. The van der Waals surface area contributed by atoms with Gasteiger partial charge in [0.2, 0.25) is 5.82 Å². The van der Waals surface area contributed by atoms with E-state index in [-0.39, 0.29) is 0 Å². The second-order valence-corrected chi connectivity index (χ2v) is 4.14. The molecule has 1 aliphatic heterocycles. The maximum atomic E-state index is 4.48. The van der Waals surface area contributed by atoms with Crippen LogP contribution in [0.4, 0.5) is 0 Å². The summed E-state index contributed by atoms with van der Waals surface area (Å²) in [6.45, 7) is 2.09. The molecular formula is C11H14N6. The van der Waals surface area contributed by atoms with Gasteiger partial charge in [-0.15, -0.1) is 5.10 Å². The summed E-state index contributed by atoms with van der Waals surface area (Å²) in [6.07, 6.45) is 5.60. The molecule has 6 nitrogen and oxygen atoms in total. The van der Waals surface area contributed by atoms with Crippen LogP contribution in [-0.2, 0) is 0 Å². The molecule has 1 fully saturated rings. The van der Waals surface area contributed by atoms with Gasteiger partial charge in [0.15, 0.2) is 5.82 Å². The summed E-state index contributed by atoms with van der Waals surface area (Å²) in [4.78, 5) is 12.8. The lowest BCUT2D eigenvalue weighted by atomic mass is 9.98. The van der Waals surface area contributed by atoms with Gasteiger partial charge in [0, 0.05) is 18.3 Å². The molecule has 2 aromatic rings. The van der Waals surface area contributed by atoms with E-state index >= 15 is 0 Å². The molecule has 3 rings (SSSR count). The lowest BCUT2D eigenvalue weighted by Crippen LogP contribution is -2.27. The van der Waals surface area contributed by atoms with E-state index in [9.17, 15) is 0 Å². The topological polar surface area (TPSA) is 79.4 Å². The SMILES string of the molecule is c1cnc(-c2n[nH]c(C3CCNCC3)n2)nc1. The van der Waals surface area contributed by atoms with Crippen LogP contribution < -0.4 is 5.32 Å². The molecule has 0 bridgehead atoms.